The van der Waals surface area contributed by atoms with E-state index in [1.54, 1.807) is 6.07 Å². The number of carbonyl (C=O) groups excluding carboxylic acids is 1. The minimum absolute atomic E-state index is 0.213. The summed E-state index contributed by atoms with van der Waals surface area (Å²) in [6.45, 7) is 4.29. The second kappa shape index (κ2) is 7.49. The average Bonchev–Trinajstić information content (AvgIpc) is 2.32. The molecule has 0 atom stereocenters. The summed E-state index contributed by atoms with van der Waals surface area (Å²) in [6.07, 6.45) is 5.30. The molecule has 0 amide bonds. The van der Waals surface area contributed by atoms with Gasteiger partial charge in [-0.15, -0.1) is 0 Å². The van der Waals surface area contributed by atoms with Crippen molar-refractivity contribution in [1.29, 1.82) is 0 Å². The minimum Gasteiger partial charge on any atom is -0.490 e. The molecule has 94 valence electrons. The summed E-state index contributed by atoms with van der Waals surface area (Å²) < 4.78 is 6.82. The Morgan fingerprint density at radius 3 is 2.47 bits per heavy atom. The van der Waals surface area contributed by atoms with E-state index in [1.807, 2.05) is 12.1 Å². The van der Waals surface area contributed by atoms with Crippen LogP contribution in [0.15, 0.2) is 22.7 Å². The van der Waals surface area contributed by atoms with E-state index in [9.17, 15) is 4.79 Å². The molecule has 0 aliphatic heterocycles. The summed E-state index contributed by atoms with van der Waals surface area (Å²) >= 11 is 3.35. The van der Waals surface area contributed by atoms with Crippen LogP contribution in [0.5, 0.6) is 5.75 Å². The van der Waals surface area contributed by atoms with Gasteiger partial charge in [0, 0.05) is 4.47 Å². The Kier molecular flexibility index (Phi) is 6.27. The maximum atomic E-state index is 11.0. The Morgan fingerprint density at radius 1 is 1.29 bits per heavy atom. The van der Waals surface area contributed by atoms with Gasteiger partial charge in [-0.05, 0) is 31.0 Å². The van der Waals surface area contributed by atoms with Gasteiger partial charge in [0.2, 0.25) is 0 Å². The lowest BCUT2D eigenvalue weighted by atomic mass is 10.1. The predicted octanol–water partition coefficient (Wildman–Crippen LogP) is 4.61. The molecule has 0 heterocycles. The summed E-state index contributed by atoms with van der Waals surface area (Å²) in [7, 11) is 0. The van der Waals surface area contributed by atoms with Gasteiger partial charge in [-0.25, -0.2) is 0 Å². The number of hydrogen-bond acceptors (Lipinski definition) is 2. The molecule has 0 aliphatic rings. The van der Waals surface area contributed by atoms with Crippen LogP contribution in [-0.2, 0) is 0 Å². The fourth-order valence-electron chi connectivity index (χ4n) is 1.80. The number of halogens is 1. The molecule has 0 radical (unpaired) electrons. The second-order valence-electron chi connectivity index (χ2n) is 4.12. The van der Waals surface area contributed by atoms with E-state index in [0.29, 0.717) is 11.3 Å². The van der Waals surface area contributed by atoms with Crippen molar-refractivity contribution in [3.63, 3.8) is 0 Å². The minimum atomic E-state index is 0.213. The van der Waals surface area contributed by atoms with Crippen molar-refractivity contribution < 1.29 is 9.53 Å². The van der Waals surface area contributed by atoms with Crippen LogP contribution in [0, 0.1) is 0 Å². The van der Waals surface area contributed by atoms with Gasteiger partial charge >= 0.3 is 0 Å². The van der Waals surface area contributed by atoms with Crippen LogP contribution in [0.4, 0.5) is 0 Å². The van der Waals surface area contributed by atoms with Crippen LogP contribution in [0.25, 0.3) is 0 Å². The highest BCUT2D eigenvalue weighted by Gasteiger charge is 2.11. The predicted molar refractivity (Wildman–Crippen MR) is 73.8 cm³/mol. The highest BCUT2D eigenvalue weighted by atomic mass is 79.9. The third-order valence-electron chi connectivity index (χ3n) is 2.61. The largest absolute Gasteiger partial charge is 0.490 e. The molecule has 3 heteroatoms. The average molecular weight is 299 g/mol. The van der Waals surface area contributed by atoms with Gasteiger partial charge in [0.05, 0.1) is 11.7 Å². The molecule has 1 rings (SSSR count). The topological polar surface area (TPSA) is 26.3 Å². The quantitative estimate of drug-likeness (QED) is 0.687. The zero-order valence-electron chi connectivity index (χ0n) is 10.4. The molecule has 0 unspecified atom stereocenters. The summed E-state index contributed by atoms with van der Waals surface area (Å²) in [5.41, 5.74) is 0.608. The molecule has 0 saturated heterocycles. The van der Waals surface area contributed by atoms with Gasteiger partial charge in [0.15, 0.2) is 6.29 Å². The van der Waals surface area contributed by atoms with E-state index < -0.39 is 0 Å². The highest BCUT2D eigenvalue weighted by molar-refractivity contribution is 9.10. The summed E-state index contributed by atoms with van der Waals surface area (Å²) in [5, 5.41) is 0. The molecular weight excluding hydrogens is 280 g/mol. The summed E-state index contributed by atoms with van der Waals surface area (Å²) in [4.78, 5) is 11.0. The van der Waals surface area contributed by atoms with Crippen molar-refractivity contribution in [1.82, 2.24) is 0 Å². The third kappa shape index (κ3) is 4.50. The van der Waals surface area contributed by atoms with E-state index in [0.717, 1.165) is 36.4 Å². The normalized spacial score (nSPS) is 10.6. The van der Waals surface area contributed by atoms with Gasteiger partial charge in [-0.1, -0.05) is 42.6 Å². The van der Waals surface area contributed by atoms with Crippen molar-refractivity contribution >= 4 is 22.2 Å². The van der Waals surface area contributed by atoms with Gasteiger partial charge < -0.3 is 4.74 Å². The van der Waals surface area contributed by atoms with Crippen molar-refractivity contribution in [2.24, 2.45) is 0 Å². The fourth-order valence-corrected chi connectivity index (χ4v) is 2.18. The molecule has 0 fully saturated rings. The van der Waals surface area contributed by atoms with E-state index >= 15 is 0 Å². The first-order chi connectivity index (χ1) is 8.21. The van der Waals surface area contributed by atoms with Crippen LogP contribution in [-0.4, -0.2) is 12.4 Å². The van der Waals surface area contributed by atoms with Crippen LogP contribution >= 0.6 is 15.9 Å². The first-order valence-corrected chi connectivity index (χ1v) is 6.91. The molecule has 17 heavy (non-hydrogen) atoms. The SMILES string of the molecule is CCCC(CCC)Oc1ccc(Br)cc1C=O. The standard InChI is InChI=1S/C14H19BrO2/c1-3-5-13(6-4-2)17-14-8-7-12(15)9-11(14)10-16/h7-10,13H,3-6H2,1-2H3. The molecule has 0 bridgehead atoms. The lowest BCUT2D eigenvalue weighted by Crippen LogP contribution is -2.16. The van der Waals surface area contributed by atoms with Gasteiger partial charge in [0.1, 0.15) is 5.75 Å². The molecule has 1 aromatic rings. The highest BCUT2D eigenvalue weighted by Crippen LogP contribution is 2.24. The van der Waals surface area contributed by atoms with Gasteiger partial charge in [0.25, 0.3) is 0 Å². The van der Waals surface area contributed by atoms with E-state index in [-0.39, 0.29) is 6.10 Å². The fraction of sp³-hybridized carbons (Fsp3) is 0.500. The van der Waals surface area contributed by atoms with Crippen molar-refractivity contribution in [2.75, 3.05) is 0 Å². The van der Waals surface area contributed by atoms with Crippen molar-refractivity contribution in [2.45, 2.75) is 45.6 Å². The molecule has 2 nitrogen and oxygen atoms in total. The van der Waals surface area contributed by atoms with Gasteiger partial charge in [-0.2, -0.15) is 0 Å². The lowest BCUT2D eigenvalue weighted by molar-refractivity contribution is 0.111. The molecule has 0 aliphatic carbocycles. The van der Waals surface area contributed by atoms with Crippen molar-refractivity contribution in [3.05, 3.63) is 28.2 Å². The van der Waals surface area contributed by atoms with E-state index in [1.165, 1.54) is 0 Å². The van der Waals surface area contributed by atoms with E-state index in [4.69, 9.17) is 4.74 Å². The monoisotopic (exact) mass is 298 g/mol. The summed E-state index contributed by atoms with van der Waals surface area (Å²) in [5.74, 6) is 0.690. The number of aldehydes is 1. The van der Waals surface area contributed by atoms with Crippen molar-refractivity contribution in [3.8, 4) is 5.75 Å². The molecule has 0 saturated carbocycles. The van der Waals surface area contributed by atoms with Crippen LogP contribution in [0.3, 0.4) is 0 Å². The number of ether oxygens (including phenoxy) is 1. The Morgan fingerprint density at radius 2 is 1.94 bits per heavy atom. The number of benzene rings is 1. The Bertz CT molecular complexity index is 357. The number of rotatable bonds is 7. The lowest BCUT2D eigenvalue weighted by Gasteiger charge is -2.19. The maximum absolute atomic E-state index is 11.0. The smallest absolute Gasteiger partial charge is 0.153 e. The molecule has 0 aromatic heterocycles. The molecule has 0 N–H and O–H groups in total. The second-order valence-corrected chi connectivity index (χ2v) is 5.03. The number of hydrogen-bond donors (Lipinski definition) is 0. The zero-order valence-corrected chi connectivity index (χ0v) is 12.0. The Labute approximate surface area is 111 Å². The Balaban J connectivity index is 2.80. The molecular formula is C14H19BrO2. The third-order valence-corrected chi connectivity index (χ3v) is 3.11. The van der Waals surface area contributed by atoms with Crippen LogP contribution in [0.1, 0.15) is 49.9 Å². The number of carbonyl (C=O) groups is 1. The van der Waals surface area contributed by atoms with Gasteiger partial charge in [-0.3, -0.25) is 4.79 Å². The zero-order chi connectivity index (χ0) is 12.7. The van der Waals surface area contributed by atoms with Crippen LogP contribution in [0.2, 0.25) is 0 Å². The first kappa shape index (κ1) is 14.2. The first-order valence-electron chi connectivity index (χ1n) is 6.12. The van der Waals surface area contributed by atoms with E-state index in [2.05, 4.69) is 29.8 Å². The molecule has 1 aromatic carbocycles. The maximum Gasteiger partial charge on any atom is 0.153 e. The van der Waals surface area contributed by atoms with Crippen LogP contribution < -0.4 is 4.74 Å². The summed E-state index contributed by atoms with van der Waals surface area (Å²) in [6, 6.07) is 5.54. The molecule has 0 spiro atoms. The Hall–Kier alpha value is -0.830.